The summed E-state index contributed by atoms with van der Waals surface area (Å²) in [6.45, 7) is 0.912. The number of nitrogens with one attached hydrogen (secondary N) is 1. The van der Waals surface area contributed by atoms with E-state index in [1.807, 2.05) is 30.3 Å². The molecule has 4 nitrogen and oxygen atoms in total. The van der Waals surface area contributed by atoms with Gasteiger partial charge in [0.15, 0.2) is 0 Å². The first-order valence-electron chi connectivity index (χ1n) is 7.37. The second-order valence-electron chi connectivity index (χ2n) is 5.76. The standard InChI is InChI=1S/C16H20N2O2/c19-14-11-18(10-9-12-5-4-6-12)16(20)15(17-14)13-7-2-1-3-8-13/h1-3,7-8,12,15H,4-6,9-11H2,(H,17,19). The number of rotatable bonds is 4. The van der Waals surface area contributed by atoms with E-state index < -0.39 is 6.04 Å². The lowest BCUT2D eigenvalue weighted by molar-refractivity contribution is -0.144. The highest BCUT2D eigenvalue weighted by molar-refractivity contribution is 5.95. The number of nitrogens with zero attached hydrogens (tertiary/aromatic N) is 1. The highest BCUT2D eigenvalue weighted by Crippen LogP contribution is 2.30. The number of amides is 2. The predicted octanol–water partition coefficient (Wildman–Crippen LogP) is 1.88. The number of hydrogen-bond donors (Lipinski definition) is 1. The zero-order chi connectivity index (χ0) is 13.9. The van der Waals surface area contributed by atoms with Crippen LogP contribution >= 0.6 is 0 Å². The zero-order valence-corrected chi connectivity index (χ0v) is 11.5. The van der Waals surface area contributed by atoms with E-state index in [2.05, 4.69) is 5.32 Å². The van der Waals surface area contributed by atoms with Crippen LogP contribution in [0, 0.1) is 5.92 Å². The van der Waals surface area contributed by atoms with E-state index in [1.165, 1.54) is 19.3 Å². The van der Waals surface area contributed by atoms with Gasteiger partial charge in [-0.25, -0.2) is 0 Å². The molecule has 0 bridgehead atoms. The summed E-state index contributed by atoms with van der Waals surface area (Å²) in [5, 5.41) is 2.80. The summed E-state index contributed by atoms with van der Waals surface area (Å²) in [5.74, 6) is 0.713. The molecule has 1 unspecified atom stereocenters. The van der Waals surface area contributed by atoms with Crippen LogP contribution < -0.4 is 5.32 Å². The molecule has 1 aromatic rings. The second kappa shape index (κ2) is 5.65. The van der Waals surface area contributed by atoms with Crippen LogP contribution in [0.1, 0.15) is 37.3 Å². The van der Waals surface area contributed by atoms with Gasteiger partial charge in [-0.1, -0.05) is 49.6 Å². The van der Waals surface area contributed by atoms with Crippen molar-refractivity contribution in [3.05, 3.63) is 35.9 Å². The average Bonchev–Trinajstić information content (AvgIpc) is 2.41. The van der Waals surface area contributed by atoms with Crippen LogP contribution in [0.15, 0.2) is 30.3 Å². The minimum Gasteiger partial charge on any atom is -0.339 e. The summed E-state index contributed by atoms with van der Waals surface area (Å²) < 4.78 is 0. The van der Waals surface area contributed by atoms with Gasteiger partial charge in [-0.3, -0.25) is 9.59 Å². The first kappa shape index (κ1) is 13.2. The number of carbonyl (C=O) groups excluding carboxylic acids is 2. The van der Waals surface area contributed by atoms with Crippen molar-refractivity contribution in [1.82, 2.24) is 10.2 Å². The van der Waals surface area contributed by atoms with E-state index >= 15 is 0 Å². The summed E-state index contributed by atoms with van der Waals surface area (Å²) in [7, 11) is 0. The normalized spacial score (nSPS) is 23.4. The van der Waals surface area contributed by atoms with E-state index in [0.29, 0.717) is 6.54 Å². The maximum atomic E-state index is 12.5. The van der Waals surface area contributed by atoms with Crippen molar-refractivity contribution in [2.75, 3.05) is 13.1 Å². The lowest BCUT2D eigenvalue weighted by Gasteiger charge is -2.35. The van der Waals surface area contributed by atoms with Crippen molar-refractivity contribution in [2.24, 2.45) is 5.92 Å². The Morgan fingerprint density at radius 2 is 1.90 bits per heavy atom. The smallest absolute Gasteiger partial charge is 0.250 e. The minimum atomic E-state index is -0.515. The molecule has 20 heavy (non-hydrogen) atoms. The molecule has 1 saturated carbocycles. The Labute approximate surface area is 119 Å². The van der Waals surface area contributed by atoms with Crippen molar-refractivity contribution in [2.45, 2.75) is 31.7 Å². The molecule has 1 atom stereocenters. The van der Waals surface area contributed by atoms with E-state index in [-0.39, 0.29) is 18.4 Å². The van der Waals surface area contributed by atoms with E-state index in [1.54, 1.807) is 4.90 Å². The van der Waals surface area contributed by atoms with Gasteiger partial charge in [0.25, 0.3) is 0 Å². The number of hydrogen-bond acceptors (Lipinski definition) is 2. The van der Waals surface area contributed by atoms with Crippen LogP contribution in [-0.4, -0.2) is 29.8 Å². The Morgan fingerprint density at radius 3 is 2.55 bits per heavy atom. The summed E-state index contributed by atoms with van der Waals surface area (Å²) in [6, 6.07) is 8.95. The monoisotopic (exact) mass is 272 g/mol. The van der Waals surface area contributed by atoms with Crippen molar-refractivity contribution in [1.29, 1.82) is 0 Å². The van der Waals surface area contributed by atoms with Gasteiger partial charge in [0.1, 0.15) is 6.04 Å². The maximum absolute atomic E-state index is 12.5. The van der Waals surface area contributed by atoms with Crippen LogP contribution in [0.2, 0.25) is 0 Å². The molecular formula is C16H20N2O2. The molecule has 1 aliphatic heterocycles. The van der Waals surface area contributed by atoms with Gasteiger partial charge in [0.05, 0.1) is 6.54 Å². The lowest BCUT2D eigenvalue weighted by Crippen LogP contribution is -2.53. The number of benzene rings is 1. The van der Waals surface area contributed by atoms with Gasteiger partial charge >= 0.3 is 0 Å². The van der Waals surface area contributed by atoms with Crippen molar-refractivity contribution in [3.8, 4) is 0 Å². The third-order valence-electron chi connectivity index (χ3n) is 4.36. The molecule has 106 valence electrons. The molecule has 1 N–H and O–H groups in total. The zero-order valence-electron chi connectivity index (χ0n) is 11.5. The van der Waals surface area contributed by atoms with Gasteiger partial charge in [-0.05, 0) is 17.9 Å². The van der Waals surface area contributed by atoms with Gasteiger partial charge in [0.2, 0.25) is 11.8 Å². The van der Waals surface area contributed by atoms with Crippen molar-refractivity contribution in [3.63, 3.8) is 0 Å². The fourth-order valence-electron chi connectivity index (χ4n) is 2.88. The largest absolute Gasteiger partial charge is 0.339 e. The highest BCUT2D eigenvalue weighted by Gasteiger charge is 2.33. The van der Waals surface area contributed by atoms with Gasteiger partial charge < -0.3 is 10.2 Å². The molecule has 0 spiro atoms. The Hall–Kier alpha value is -1.84. The quantitative estimate of drug-likeness (QED) is 0.909. The average molecular weight is 272 g/mol. The molecular weight excluding hydrogens is 252 g/mol. The minimum absolute atomic E-state index is 0.0233. The molecule has 1 aromatic carbocycles. The molecule has 1 aliphatic carbocycles. The Bertz CT molecular complexity index is 496. The Kier molecular flexibility index (Phi) is 3.72. The molecule has 0 aromatic heterocycles. The first-order chi connectivity index (χ1) is 9.74. The molecule has 0 radical (unpaired) electrons. The number of piperazine rings is 1. The predicted molar refractivity (Wildman–Crippen MR) is 75.9 cm³/mol. The molecule has 3 rings (SSSR count). The van der Waals surface area contributed by atoms with Gasteiger partial charge in [0, 0.05) is 6.54 Å². The third-order valence-corrected chi connectivity index (χ3v) is 4.36. The SMILES string of the molecule is O=C1CN(CCC2CCC2)C(=O)C(c2ccccc2)N1. The Balaban J connectivity index is 1.68. The molecule has 2 amide bonds. The summed E-state index contributed by atoms with van der Waals surface area (Å²) in [6.07, 6.45) is 4.89. The maximum Gasteiger partial charge on any atom is 0.250 e. The third kappa shape index (κ3) is 2.69. The van der Waals surface area contributed by atoms with Gasteiger partial charge in [-0.15, -0.1) is 0 Å². The van der Waals surface area contributed by atoms with Crippen molar-refractivity contribution < 1.29 is 9.59 Å². The van der Waals surface area contributed by atoms with Crippen LogP contribution in [0.3, 0.4) is 0 Å². The van der Waals surface area contributed by atoms with Crippen LogP contribution in [-0.2, 0) is 9.59 Å². The van der Waals surface area contributed by atoms with E-state index in [4.69, 9.17) is 0 Å². The van der Waals surface area contributed by atoms with Crippen LogP contribution in [0.25, 0.3) is 0 Å². The number of carbonyl (C=O) groups is 2. The summed E-state index contributed by atoms with van der Waals surface area (Å²) in [5.41, 5.74) is 0.860. The van der Waals surface area contributed by atoms with Crippen molar-refractivity contribution >= 4 is 11.8 Å². The summed E-state index contributed by atoms with van der Waals surface area (Å²) >= 11 is 0. The summed E-state index contributed by atoms with van der Waals surface area (Å²) in [4.78, 5) is 26.0. The van der Waals surface area contributed by atoms with Crippen LogP contribution in [0.4, 0.5) is 0 Å². The first-order valence-corrected chi connectivity index (χ1v) is 7.37. The lowest BCUT2D eigenvalue weighted by atomic mass is 9.83. The van der Waals surface area contributed by atoms with E-state index in [9.17, 15) is 9.59 Å². The second-order valence-corrected chi connectivity index (χ2v) is 5.76. The molecule has 1 heterocycles. The highest BCUT2D eigenvalue weighted by atomic mass is 16.2. The topological polar surface area (TPSA) is 49.4 Å². The molecule has 2 aliphatic rings. The molecule has 2 fully saturated rings. The van der Waals surface area contributed by atoms with E-state index in [0.717, 1.165) is 17.9 Å². The fraction of sp³-hybridized carbons (Fsp3) is 0.500. The molecule has 1 saturated heterocycles. The van der Waals surface area contributed by atoms with Gasteiger partial charge in [-0.2, -0.15) is 0 Å². The Morgan fingerprint density at radius 1 is 1.15 bits per heavy atom. The molecule has 4 heteroatoms. The van der Waals surface area contributed by atoms with Crippen LogP contribution in [0.5, 0.6) is 0 Å². The fourth-order valence-corrected chi connectivity index (χ4v) is 2.88.